The van der Waals surface area contributed by atoms with Gasteiger partial charge in [0, 0.05) is 20.1 Å². The van der Waals surface area contributed by atoms with Gasteiger partial charge in [0.05, 0.1) is 18.8 Å². The van der Waals surface area contributed by atoms with E-state index in [1.54, 1.807) is 18.9 Å². The average molecular weight is 562 g/mol. The van der Waals surface area contributed by atoms with Gasteiger partial charge < -0.3 is 9.64 Å². The number of rotatable bonds is 5. The number of benzene rings is 4. The summed E-state index contributed by atoms with van der Waals surface area (Å²) in [6, 6.07) is 34.5. The summed E-state index contributed by atoms with van der Waals surface area (Å²) >= 11 is 11.4. The molecule has 1 fully saturated rings. The van der Waals surface area contributed by atoms with Crippen molar-refractivity contribution in [3.63, 3.8) is 0 Å². The molecule has 0 aliphatic carbocycles. The van der Waals surface area contributed by atoms with Crippen molar-refractivity contribution in [1.82, 2.24) is 0 Å². The van der Waals surface area contributed by atoms with Gasteiger partial charge in [-0.3, -0.25) is 0 Å². The molecular weight excluding hydrogens is 540 g/mol. The van der Waals surface area contributed by atoms with Gasteiger partial charge in [-0.15, -0.1) is 0 Å². The first-order valence-electron chi connectivity index (χ1n) is 11.1. The van der Waals surface area contributed by atoms with Gasteiger partial charge in [-0.2, -0.15) is 0 Å². The fourth-order valence-corrected chi connectivity index (χ4v) is 5.54. The maximum Gasteiger partial charge on any atom is 0.174 e. The van der Waals surface area contributed by atoms with Crippen LogP contribution in [0.2, 0.25) is 5.02 Å². The zero-order chi connectivity index (χ0) is 24.2. The molecule has 0 amide bonds. The van der Waals surface area contributed by atoms with Gasteiger partial charge >= 0.3 is 0 Å². The van der Waals surface area contributed by atoms with Gasteiger partial charge in [0.25, 0.3) is 0 Å². The highest BCUT2D eigenvalue weighted by Crippen LogP contribution is 2.49. The Morgan fingerprint density at radius 3 is 2.23 bits per heavy atom. The van der Waals surface area contributed by atoms with Crippen molar-refractivity contribution in [2.75, 3.05) is 12.0 Å². The Labute approximate surface area is 223 Å². The molecule has 0 aromatic heterocycles. The molecule has 6 heteroatoms. The van der Waals surface area contributed by atoms with Crippen molar-refractivity contribution >= 4 is 61.9 Å². The summed E-state index contributed by atoms with van der Waals surface area (Å²) in [6.07, 6.45) is 2.24. The molecule has 1 unspecified atom stereocenters. The van der Waals surface area contributed by atoms with Crippen LogP contribution in [0.3, 0.4) is 0 Å². The van der Waals surface area contributed by atoms with E-state index in [-0.39, 0.29) is 6.04 Å². The lowest BCUT2D eigenvalue weighted by atomic mass is 10.0. The van der Waals surface area contributed by atoms with Crippen LogP contribution in [0.15, 0.2) is 117 Å². The largest absolute Gasteiger partial charge is 0.497 e. The number of thioether (sulfide) groups is 1. The van der Waals surface area contributed by atoms with E-state index in [1.165, 1.54) is 4.91 Å². The first-order chi connectivity index (χ1) is 17.1. The molecule has 174 valence electrons. The normalized spacial score (nSPS) is 17.8. The van der Waals surface area contributed by atoms with Crippen LogP contribution in [-0.2, 0) is 0 Å². The van der Waals surface area contributed by atoms with Crippen molar-refractivity contribution in [3.8, 4) is 5.75 Å². The summed E-state index contributed by atoms with van der Waals surface area (Å²) in [5, 5.41) is 1.60. The van der Waals surface area contributed by atoms with Crippen molar-refractivity contribution in [3.05, 3.63) is 129 Å². The molecule has 1 atom stereocenters. The number of ether oxygens (including phenoxy) is 1. The van der Waals surface area contributed by atoms with Crippen LogP contribution < -0.4 is 9.64 Å². The molecule has 0 bridgehead atoms. The Morgan fingerprint density at radius 1 is 0.886 bits per heavy atom. The monoisotopic (exact) mass is 560 g/mol. The number of aliphatic imine (C=N–C) groups is 1. The third kappa shape index (κ3) is 5.48. The summed E-state index contributed by atoms with van der Waals surface area (Å²) in [5.74, 6) is 0.829. The highest BCUT2D eigenvalue weighted by Gasteiger charge is 2.37. The second-order valence-corrected chi connectivity index (χ2v) is 10.3. The molecule has 35 heavy (non-hydrogen) atoms. The van der Waals surface area contributed by atoms with E-state index < -0.39 is 0 Å². The Kier molecular flexibility index (Phi) is 7.28. The van der Waals surface area contributed by atoms with Crippen molar-refractivity contribution in [1.29, 1.82) is 0 Å². The van der Waals surface area contributed by atoms with Gasteiger partial charge in [-0.05, 0) is 77.9 Å². The summed E-state index contributed by atoms with van der Waals surface area (Å²) in [6.45, 7) is 0. The van der Waals surface area contributed by atoms with E-state index in [9.17, 15) is 0 Å². The molecule has 1 saturated heterocycles. The second kappa shape index (κ2) is 10.7. The summed E-state index contributed by atoms with van der Waals surface area (Å²) in [5.41, 5.74) is 4.21. The van der Waals surface area contributed by atoms with Crippen LogP contribution in [0.4, 0.5) is 11.4 Å². The van der Waals surface area contributed by atoms with E-state index in [2.05, 4.69) is 63.3 Å². The molecule has 0 spiro atoms. The number of hydrogen-bond donors (Lipinski definition) is 0. The smallest absolute Gasteiger partial charge is 0.174 e. The quantitative estimate of drug-likeness (QED) is 0.243. The van der Waals surface area contributed by atoms with E-state index in [0.29, 0.717) is 5.02 Å². The highest BCUT2D eigenvalue weighted by molar-refractivity contribution is 9.10. The zero-order valence-electron chi connectivity index (χ0n) is 18.9. The summed E-state index contributed by atoms with van der Waals surface area (Å²) < 4.78 is 6.44. The van der Waals surface area contributed by atoms with Crippen LogP contribution in [0.1, 0.15) is 17.2 Å². The molecule has 0 saturated carbocycles. The van der Waals surface area contributed by atoms with Gasteiger partial charge in [-0.1, -0.05) is 81.8 Å². The SMILES string of the molecule is COc1ccc(C2/C(=C/c3ccccc3)SC(=Nc3ccc(Br)cc3)N2c2ccc(Cl)cc2)cc1. The van der Waals surface area contributed by atoms with Crippen LogP contribution in [0.25, 0.3) is 6.08 Å². The van der Waals surface area contributed by atoms with Crippen molar-refractivity contribution in [2.24, 2.45) is 4.99 Å². The fraction of sp³-hybridized carbons (Fsp3) is 0.0690. The minimum absolute atomic E-state index is 0.0542. The van der Waals surface area contributed by atoms with Crippen molar-refractivity contribution < 1.29 is 4.74 Å². The Hall–Kier alpha value is -2.99. The van der Waals surface area contributed by atoms with Gasteiger partial charge in [0.2, 0.25) is 0 Å². The van der Waals surface area contributed by atoms with Gasteiger partial charge in [0.1, 0.15) is 5.75 Å². The molecule has 3 nitrogen and oxygen atoms in total. The van der Waals surface area contributed by atoms with Crippen LogP contribution in [0, 0.1) is 0 Å². The third-order valence-corrected chi connectivity index (χ3v) is 7.47. The molecule has 4 aromatic rings. The zero-order valence-corrected chi connectivity index (χ0v) is 22.1. The molecule has 4 aromatic carbocycles. The maximum atomic E-state index is 6.24. The molecule has 1 heterocycles. The van der Waals surface area contributed by atoms with Crippen LogP contribution in [-0.4, -0.2) is 12.3 Å². The molecule has 1 aliphatic heterocycles. The van der Waals surface area contributed by atoms with Crippen LogP contribution in [0.5, 0.6) is 5.75 Å². The lowest BCUT2D eigenvalue weighted by Gasteiger charge is -2.27. The van der Waals surface area contributed by atoms with Crippen LogP contribution >= 0.6 is 39.3 Å². The molecular formula is C29H22BrClN2OS. The van der Waals surface area contributed by atoms with Gasteiger partial charge in [-0.25, -0.2) is 4.99 Å². The summed E-state index contributed by atoms with van der Waals surface area (Å²) in [4.78, 5) is 8.53. The first kappa shape index (κ1) is 23.7. The van der Waals surface area contributed by atoms with E-state index in [0.717, 1.165) is 37.9 Å². The topological polar surface area (TPSA) is 24.8 Å². The van der Waals surface area contributed by atoms with E-state index in [1.807, 2.05) is 66.7 Å². The Balaban J connectivity index is 1.68. The predicted molar refractivity (Wildman–Crippen MR) is 153 cm³/mol. The lowest BCUT2D eigenvalue weighted by Crippen LogP contribution is -2.27. The number of anilines is 1. The van der Waals surface area contributed by atoms with Crippen molar-refractivity contribution in [2.45, 2.75) is 6.04 Å². The minimum atomic E-state index is -0.0542. The minimum Gasteiger partial charge on any atom is -0.497 e. The molecule has 1 aliphatic rings. The second-order valence-electron chi connectivity index (χ2n) is 7.95. The molecule has 0 N–H and O–H groups in total. The lowest BCUT2D eigenvalue weighted by molar-refractivity contribution is 0.414. The Bertz CT molecular complexity index is 1350. The number of halogens is 2. The summed E-state index contributed by atoms with van der Waals surface area (Å²) in [7, 11) is 1.68. The first-order valence-corrected chi connectivity index (χ1v) is 13.1. The van der Waals surface area contributed by atoms with E-state index >= 15 is 0 Å². The van der Waals surface area contributed by atoms with Gasteiger partial charge in [0.15, 0.2) is 5.17 Å². The third-order valence-electron chi connectivity index (χ3n) is 5.64. The predicted octanol–water partition coefficient (Wildman–Crippen LogP) is 9.13. The van der Waals surface area contributed by atoms with E-state index in [4.69, 9.17) is 21.3 Å². The molecule has 0 radical (unpaired) electrons. The standard InChI is InChI=1S/C29H22BrClN2OS/c1-34-26-17-7-21(8-18-26)28-27(19-20-5-3-2-4-6-20)35-29(32-24-13-9-22(30)10-14-24)33(28)25-15-11-23(31)12-16-25/h2-19,28H,1H3/b27-19-,32-29?. The fourth-order valence-electron chi connectivity index (χ4n) is 3.93. The molecule has 5 rings (SSSR count). The number of methoxy groups -OCH3 is 1. The Morgan fingerprint density at radius 2 is 1.57 bits per heavy atom. The number of amidine groups is 1. The number of hydrogen-bond acceptors (Lipinski definition) is 3. The maximum absolute atomic E-state index is 6.24. The number of nitrogens with zero attached hydrogens (tertiary/aromatic N) is 2. The highest BCUT2D eigenvalue weighted by atomic mass is 79.9. The average Bonchev–Trinajstić information content (AvgIpc) is 3.23.